The van der Waals surface area contributed by atoms with Gasteiger partial charge >= 0.3 is 0 Å². The smallest absolute Gasteiger partial charge is 0.243 e. The molecular formula is C20H22N4O4S. The average Bonchev–Trinajstić information content (AvgIpc) is 3.23. The number of benzene rings is 2. The molecule has 2 aromatic carbocycles. The molecule has 1 aliphatic rings. The average molecular weight is 414 g/mol. The third kappa shape index (κ3) is 5.27. The molecule has 0 bridgehead atoms. The zero-order valence-electron chi connectivity index (χ0n) is 16.0. The van der Waals surface area contributed by atoms with Crippen LogP contribution in [0.3, 0.4) is 0 Å². The molecule has 0 saturated heterocycles. The van der Waals surface area contributed by atoms with Gasteiger partial charge < -0.3 is 5.32 Å². The number of sulfonamides is 1. The Morgan fingerprint density at radius 2 is 1.72 bits per heavy atom. The van der Waals surface area contributed by atoms with Crippen LogP contribution in [0.25, 0.3) is 0 Å². The van der Waals surface area contributed by atoms with Crippen LogP contribution in [0.4, 0.5) is 5.69 Å². The van der Waals surface area contributed by atoms with Gasteiger partial charge in [0.2, 0.25) is 21.8 Å². The number of carbonyl (C=O) groups excluding carboxylic acids is 2. The summed E-state index contributed by atoms with van der Waals surface area (Å²) >= 11 is 0. The third-order valence-electron chi connectivity index (χ3n) is 4.48. The van der Waals surface area contributed by atoms with E-state index < -0.39 is 10.0 Å². The Bertz CT molecular complexity index is 1020. The first-order chi connectivity index (χ1) is 13.9. The van der Waals surface area contributed by atoms with Gasteiger partial charge in [-0.05, 0) is 36.9 Å². The molecule has 0 atom stereocenters. The van der Waals surface area contributed by atoms with Crippen molar-refractivity contribution in [2.45, 2.75) is 24.2 Å². The summed E-state index contributed by atoms with van der Waals surface area (Å²) in [5, 5.41) is 8.44. The summed E-state index contributed by atoms with van der Waals surface area (Å²) in [5.74, 6) is -0.532. The lowest BCUT2D eigenvalue weighted by Crippen LogP contribution is -2.25. The minimum Gasteiger partial charge on any atom is -0.326 e. The Labute approximate surface area is 169 Å². The lowest BCUT2D eigenvalue weighted by atomic mass is 10.1. The van der Waals surface area contributed by atoms with Gasteiger partial charge in [0.05, 0.1) is 17.2 Å². The van der Waals surface area contributed by atoms with Crippen LogP contribution in [0.15, 0.2) is 64.6 Å². The molecule has 9 heteroatoms. The quantitative estimate of drug-likeness (QED) is 0.722. The molecule has 0 fully saturated rings. The summed E-state index contributed by atoms with van der Waals surface area (Å²) in [6, 6.07) is 15.5. The lowest BCUT2D eigenvalue weighted by molar-refractivity contribution is -0.132. The second-order valence-corrected chi connectivity index (χ2v) is 8.35. The number of hydrogen-bond acceptors (Lipinski definition) is 5. The topological polar surface area (TPSA) is 108 Å². The number of hydrazone groups is 1. The predicted octanol–water partition coefficient (Wildman–Crippen LogP) is 1.95. The van der Waals surface area contributed by atoms with E-state index in [2.05, 4.69) is 15.1 Å². The SMILES string of the molecule is CNS(=O)(=O)c1ccc(NC(=O)CCC(=O)N2CCC(c3ccccc3)=N2)cc1. The second-order valence-electron chi connectivity index (χ2n) is 6.46. The zero-order valence-corrected chi connectivity index (χ0v) is 16.8. The van der Waals surface area contributed by atoms with E-state index in [-0.39, 0.29) is 29.6 Å². The second kappa shape index (κ2) is 8.97. The summed E-state index contributed by atoms with van der Waals surface area (Å²) in [5.41, 5.74) is 2.31. The van der Waals surface area contributed by atoms with E-state index in [1.165, 1.54) is 36.3 Å². The molecule has 152 valence electrons. The Balaban J connectivity index is 1.51. The molecule has 0 aromatic heterocycles. The van der Waals surface area contributed by atoms with E-state index in [1.807, 2.05) is 30.3 Å². The molecule has 29 heavy (non-hydrogen) atoms. The van der Waals surface area contributed by atoms with Crippen molar-refractivity contribution in [3.05, 3.63) is 60.2 Å². The molecule has 2 aromatic rings. The maximum Gasteiger partial charge on any atom is 0.243 e. The fraction of sp³-hybridized carbons (Fsp3) is 0.250. The summed E-state index contributed by atoms with van der Waals surface area (Å²) in [4.78, 5) is 24.5. The van der Waals surface area contributed by atoms with Gasteiger partial charge in [-0.3, -0.25) is 9.59 Å². The Morgan fingerprint density at radius 3 is 2.38 bits per heavy atom. The van der Waals surface area contributed by atoms with Crippen molar-refractivity contribution in [1.82, 2.24) is 9.73 Å². The summed E-state index contributed by atoms with van der Waals surface area (Å²) in [7, 11) is -2.20. The van der Waals surface area contributed by atoms with Crippen molar-refractivity contribution in [2.75, 3.05) is 18.9 Å². The van der Waals surface area contributed by atoms with Crippen molar-refractivity contribution < 1.29 is 18.0 Å². The molecule has 2 N–H and O–H groups in total. The third-order valence-corrected chi connectivity index (χ3v) is 5.91. The van der Waals surface area contributed by atoms with Crippen LogP contribution in [0, 0.1) is 0 Å². The fourth-order valence-corrected chi connectivity index (χ4v) is 3.61. The lowest BCUT2D eigenvalue weighted by Gasteiger charge is -2.11. The van der Waals surface area contributed by atoms with Crippen molar-refractivity contribution in [3.8, 4) is 0 Å². The highest BCUT2D eigenvalue weighted by molar-refractivity contribution is 7.89. The van der Waals surface area contributed by atoms with E-state index in [0.29, 0.717) is 18.7 Å². The van der Waals surface area contributed by atoms with Crippen molar-refractivity contribution >= 4 is 33.2 Å². The number of hydrogen-bond donors (Lipinski definition) is 2. The first-order valence-corrected chi connectivity index (χ1v) is 10.6. The highest BCUT2D eigenvalue weighted by Crippen LogP contribution is 2.16. The van der Waals surface area contributed by atoms with Crippen molar-refractivity contribution in [2.24, 2.45) is 5.10 Å². The van der Waals surface area contributed by atoms with E-state index in [1.54, 1.807) is 0 Å². The molecule has 0 saturated carbocycles. The summed E-state index contributed by atoms with van der Waals surface area (Å²) in [6.07, 6.45) is 0.746. The van der Waals surface area contributed by atoms with Crippen molar-refractivity contribution in [1.29, 1.82) is 0 Å². The number of nitrogens with zero attached hydrogens (tertiary/aromatic N) is 2. The zero-order chi connectivity index (χ0) is 20.9. The van der Waals surface area contributed by atoms with E-state index in [4.69, 9.17) is 0 Å². The standard InChI is InChI=1S/C20H22N4O4S/c1-21-29(27,28)17-9-7-16(8-10-17)22-19(25)11-12-20(26)24-14-13-18(23-24)15-5-3-2-4-6-15/h2-10,21H,11-14H2,1H3,(H,22,25). The van der Waals surface area contributed by atoms with Crippen LogP contribution in [-0.2, 0) is 19.6 Å². The van der Waals surface area contributed by atoms with Gasteiger partial charge in [0, 0.05) is 24.9 Å². The predicted molar refractivity (Wildman–Crippen MR) is 110 cm³/mol. The van der Waals surface area contributed by atoms with Crippen LogP contribution < -0.4 is 10.0 Å². The highest BCUT2D eigenvalue weighted by Gasteiger charge is 2.22. The maximum absolute atomic E-state index is 12.3. The minimum absolute atomic E-state index is 0.0160. The molecule has 0 spiro atoms. The van der Waals surface area contributed by atoms with Gasteiger partial charge in [-0.25, -0.2) is 18.1 Å². The molecule has 2 amide bonds. The number of amides is 2. The summed E-state index contributed by atoms with van der Waals surface area (Å²) < 4.78 is 25.6. The molecule has 0 unspecified atom stereocenters. The molecule has 8 nitrogen and oxygen atoms in total. The number of nitrogens with one attached hydrogen (secondary N) is 2. The Kier molecular flexibility index (Phi) is 6.40. The number of anilines is 1. The van der Waals surface area contributed by atoms with Crippen LogP contribution in [-0.4, -0.2) is 44.5 Å². The molecule has 3 rings (SSSR count). The largest absolute Gasteiger partial charge is 0.326 e. The number of carbonyl (C=O) groups is 2. The highest BCUT2D eigenvalue weighted by atomic mass is 32.2. The van der Waals surface area contributed by atoms with Crippen LogP contribution in [0.2, 0.25) is 0 Å². The van der Waals surface area contributed by atoms with Gasteiger partial charge in [-0.15, -0.1) is 0 Å². The molecule has 0 radical (unpaired) electrons. The van der Waals surface area contributed by atoms with E-state index >= 15 is 0 Å². The van der Waals surface area contributed by atoms with Crippen LogP contribution in [0.1, 0.15) is 24.8 Å². The molecule has 0 aliphatic carbocycles. The fourth-order valence-electron chi connectivity index (χ4n) is 2.88. The van der Waals surface area contributed by atoms with Crippen molar-refractivity contribution in [3.63, 3.8) is 0 Å². The van der Waals surface area contributed by atoms with Gasteiger partial charge in [-0.2, -0.15) is 5.10 Å². The van der Waals surface area contributed by atoms with Gasteiger partial charge in [-0.1, -0.05) is 30.3 Å². The Hall–Kier alpha value is -3.04. The molecular weight excluding hydrogens is 392 g/mol. The first kappa shape index (κ1) is 20.7. The summed E-state index contributed by atoms with van der Waals surface area (Å²) in [6.45, 7) is 0.506. The van der Waals surface area contributed by atoms with Crippen LogP contribution >= 0.6 is 0 Å². The molecule has 1 aliphatic heterocycles. The first-order valence-electron chi connectivity index (χ1n) is 9.16. The van der Waals surface area contributed by atoms with Gasteiger partial charge in [0.15, 0.2) is 0 Å². The number of rotatable bonds is 7. The normalized spacial score (nSPS) is 13.8. The molecule has 1 heterocycles. The van der Waals surface area contributed by atoms with Gasteiger partial charge in [0.25, 0.3) is 0 Å². The minimum atomic E-state index is -3.52. The van der Waals surface area contributed by atoms with Gasteiger partial charge in [0.1, 0.15) is 0 Å². The maximum atomic E-state index is 12.3. The van der Waals surface area contributed by atoms with E-state index in [9.17, 15) is 18.0 Å². The monoisotopic (exact) mass is 414 g/mol. The van der Waals surface area contributed by atoms with E-state index in [0.717, 1.165) is 11.3 Å². The van der Waals surface area contributed by atoms with Crippen LogP contribution in [0.5, 0.6) is 0 Å². The Morgan fingerprint density at radius 1 is 1.03 bits per heavy atom.